The van der Waals surface area contributed by atoms with Crippen LogP contribution < -0.4 is 9.77 Å². The third kappa shape index (κ3) is 2.08. The van der Waals surface area contributed by atoms with Crippen molar-refractivity contribution in [3.8, 4) is 0 Å². The first-order valence-electron chi connectivity index (χ1n) is 6.63. The maximum absolute atomic E-state index is 12.5. The molecule has 0 N–H and O–H groups in total. The molecule has 3 rings (SSSR count). The number of nitrogens with zero attached hydrogens (tertiary/aromatic N) is 2. The molecule has 1 aliphatic heterocycles. The standard InChI is InChI=1S/C15H16N2O2S/c1-10-11(2)20-15(19)17(10)9-14(18)16-8-7-12-5-3-4-6-13(12)16/h3-6H,7-9H2,1-2H3. The summed E-state index contributed by atoms with van der Waals surface area (Å²) < 4.78 is 1.57. The van der Waals surface area contributed by atoms with Crippen LogP contribution in [0.4, 0.5) is 5.69 Å². The van der Waals surface area contributed by atoms with Gasteiger partial charge in [0.1, 0.15) is 6.54 Å². The predicted molar refractivity (Wildman–Crippen MR) is 80.6 cm³/mol. The van der Waals surface area contributed by atoms with Gasteiger partial charge in [0, 0.05) is 22.8 Å². The molecule has 0 unspecified atom stereocenters. The summed E-state index contributed by atoms with van der Waals surface area (Å²) >= 11 is 1.20. The Morgan fingerprint density at radius 1 is 1.30 bits per heavy atom. The fourth-order valence-corrected chi connectivity index (χ4v) is 3.42. The van der Waals surface area contributed by atoms with Gasteiger partial charge in [-0.25, -0.2) is 0 Å². The van der Waals surface area contributed by atoms with Crippen molar-refractivity contribution in [3.05, 3.63) is 50.1 Å². The summed E-state index contributed by atoms with van der Waals surface area (Å²) in [5.41, 5.74) is 3.07. The van der Waals surface area contributed by atoms with E-state index in [2.05, 4.69) is 6.07 Å². The molecular weight excluding hydrogens is 272 g/mol. The van der Waals surface area contributed by atoms with Crippen LogP contribution in [-0.2, 0) is 17.8 Å². The molecule has 0 aliphatic carbocycles. The van der Waals surface area contributed by atoms with Crippen molar-refractivity contribution < 1.29 is 4.79 Å². The second-order valence-electron chi connectivity index (χ2n) is 5.02. The van der Waals surface area contributed by atoms with Gasteiger partial charge in [0.05, 0.1) is 0 Å². The van der Waals surface area contributed by atoms with Gasteiger partial charge in [-0.1, -0.05) is 29.5 Å². The number of hydrogen-bond donors (Lipinski definition) is 0. The lowest BCUT2D eigenvalue weighted by Crippen LogP contribution is -2.34. The molecule has 0 bridgehead atoms. The zero-order valence-corrected chi connectivity index (χ0v) is 12.4. The Hall–Kier alpha value is -1.88. The van der Waals surface area contributed by atoms with E-state index < -0.39 is 0 Å². The zero-order chi connectivity index (χ0) is 14.3. The van der Waals surface area contributed by atoms with E-state index in [1.165, 1.54) is 16.9 Å². The number of carbonyl (C=O) groups excluding carboxylic acids is 1. The maximum Gasteiger partial charge on any atom is 0.308 e. The Bertz CT molecular complexity index is 730. The highest BCUT2D eigenvalue weighted by Crippen LogP contribution is 2.27. The topological polar surface area (TPSA) is 42.3 Å². The molecule has 1 amide bonds. The summed E-state index contributed by atoms with van der Waals surface area (Å²) in [6.45, 7) is 4.63. The van der Waals surface area contributed by atoms with Crippen molar-refractivity contribution in [2.45, 2.75) is 26.8 Å². The Kier molecular flexibility index (Phi) is 3.22. The average molecular weight is 288 g/mol. The predicted octanol–water partition coefficient (Wildman–Crippen LogP) is 2.12. The molecular formula is C15H16N2O2S. The van der Waals surface area contributed by atoms with Gasteiger partial charge in [-0.2, -0.15) is 0 Å². The number of benzene rings is 1. The minimum Gasteiger partial charge on any atom is -0.310 e. The molecule has 0 spiro atoms. The number of amides is 1. The number of hydrogen-bond acceptors (Lipinski definition) is 3. The molecule has 0 saturated heterocycles. The number of para-hydroxylation sites is 1. The average Bonchev–Trinajstić information content (AvgIpc) is 2.96. The quantitative estimate of drug-likeness (QED) is 0.849. The van der Waals surface area contributed by atoms with Crippen molar-refractivity contribution in [1.29, 1.82) is 0 Å². The molecule has 0 saturated carbocycles. The zero-order valence-electron chi connectivity index (χ0n) is 11.5. The smallest absolute Gasteiger partial charge is 0.308 e. The fraction of sp³-hybridized carbons (Fsp3) is 0.333. The van der Waals surface area contributed by atoms with E-state index in [-0.39, 0.29) is 17.3 Å². The van der Waals surface area contributed by atoms with Gasteiger partial charge in [0.15, 0.2) is 0 Å². The molecule has 1 aliphatic rings. The lowest BCUT2D eigenvalue weighted by atomic mass is 10.2. The SMILES string of the molecule is Cc1sc(=O)n(CC(=O)N2CCc3ccccc32)c1C. The highest BCUT2D eigenvalue weighted by molar-refractivity contribution is 7.09. The van der Waals surface area contributed by atoms with Crippen LogP contribution in [0.5, 0.6) is 0 Å². The van der Waals surface area contributed by atoms with Gasteiger partial charge in [0.2, 0.25) is 5.91 Å². The van der Waals surface area contributed by atoms with Crippen molar-refractivity contribution in [2.75, 3.05) is 11.4 Å². The molecule has 4 nitrogen and oxygen atoms in total. The van der Waals surface area contributed by atoms with Gasteiger partial charge in [0.25, 0.3) is 0 Å². The summed E-state index contributed by atoms with van der Waals surface area (Å²) in [6, 6.07) is 7.95. The van der Waals surface area contributed by atoms with E-state index in [1.54, 1.807) is 9.47 Å². The Morgan fingerprint density at radius 3 is 2.75 bits per heavy atom. The number of fused-ring (bicyclic) bond motifs is 1. The fourth-order valence-electron chi connectivity index (χ4n) is 2.59. The number of carbonyl (C=O) groups is 1. The molecule has 5 heteroatoms. The molecule has 0 radical (unpaired) electrons. The van der Waals surface area contributed by atoms with E-state index in [9.17, 15) is 9.59 Å². The number of anilines is 1. The van der Waals surface area contributed by atoms with Gasteiger partial charge >= 0.3 is 4.87 Å². The molecule has 2 heterocycles. The van der Waals surface area contributed by atoms with Gasteiger partial charge in [-0.05, 0) is 31.9 Å². The largest absolute Gasteiger partial charge is 0.310 e. The van der Waals surface area contributed by atoms with Crippen molar-refractivity contribution in [3.63, 3.8) is 0 Å². The Morgan fingerprint density at radius 2 is 2.05 bits per heavy atom. The number of aryl methyl sites for hydroxylation is 1. The minimum absolute atomic E-state index is 0.0158. The highest BCUT2D eigenvalue weighted by Gasteiger charge is 2.25. The first kappa shape index (κ1) is 13.1. The lowest BCUT2D eigenvalue weighted by Gasteiger charge is -2.17. The number of aromatic nitrogens is 1. The van der Waals surface area contributed by atoms with Crippen LogP contribution in [0.1, 0.15) is 16.1 Å². The van der Waals surface area contributed by atoms with Crippen LogP contribution >= 0.6 is 11.3 Å². The van der Waals surface area contributed by atoms with E-state index in [0.717, 1.165) is 22.7 Å². The normalized spacial score (nSPS) is 13.6. The van der Waals surface area contributed by atoms with Crippen LogP contribution in [-0.4, -0.2) is 17.0 Å². The van der Waals surface area contributed by atoms with Gasteiger partial charge in [-0.15, -0.1) is 0 Å². The molecule has 1 aromatic carbocycles. The van der Waals surface area contributed by atoms with Crippen LogP contribution in [0.3, 0.4) is 0 Å². The molecule has 1 aromatic heterocycles. The Labute approximate surface area is 121 Å². The number of rotatable bonds is 2. The summed E-state index contributed by atoms with van der Waals surface area (Å²) in [5.74, 6) is -0.0158. The van der Waals surface area contributed by atoms with E-state index in [4.69, 9.17) is 0 Å². The molecule has 20 heavy (non-hydrogen) atoms. The van der Waals surface area contributed by atoms with Crippen molar-refractivity contribution in [2.24, 2.45) is 0 Å². The molecule has 104 valence electrons. The lowest BCUT2D eigenvalue weighted by molar-refractivity contribution is -0.119. The van der Waals surface area contributed by atoms with Crippen molar-refractivity contribution in [1.82, 2.24) is 4.57 Å². The highest BCUT2D eigenvalue weighted by atomic mass is 32.1. The monoisotopic (exact) mass is 288 g/mol. The van der Waals surface area contributed by atoms with Crippen LogP contribution in [0.2, 0.25) is 0 Å². The minimum atomic E-state index is -0.0548. The van der Waals surface area contributed by atoms with Gasteiger partial charge < -0.3 is 4.90 Å². The first-order valence-corrected chi connectivity index (χ1v) is 7.44. The van der Waals surface area contributed by atoms with E-state index in [0.29, 0.717) is 6.54 Å². The number of thiazole rings is 1. The second-order valence-corrected chi connectivity index (χ2v) is 6.19. The molecule has 0 atom stereocenters. The van der Waals surface area contributed by atoms with Crippen LogP contribution in [0.25, 0.3) is 0 Å². The third-order valence-corrected chi connectivity index (χ3v) is 4.85. The summed E-state index contributed by atoms with van der Waals surface area (Å²) in [7, 11) is 0. The molecule has 2 aromatic rings. The Balaban J connectivity index is 1.87. The maximum atomic E-state index is 12.5. The second kappa shape index (κ2) is 4.90. The summed E-state index contributed by atoms with van der Waals surface area (Å²) in [5, 5.41) is 0. The summed E-state index contributed by atoms with van der Waals surface area (Å²) in [4.78, 5) is 27.0. The van der Waals surface area contributed by atoms with Gasteiger partial charge in [-0.3, -0.25) is 14.2 Å². The van der Waals surface area contributed by atoms with E-state index in [1.807, 2.05) is 32.0 Å². The molecule has 0 fully saturated rings. The summed E-state index contributed by atoms with van der Waals surface area (Å²) in [6.07, 6.45) is 0.887. The van der Waals surface area contributed by atoms with E-state index >= 15 is 0 Å². The van der Waals surface area contributed by atoms with Crippen LogP contribution in [0.15, 0.2) is 29.1 Å². The first-order chi connectivity index (χ1) is 9.58. The third-order valence-electron chi connectivity index (χ3n) is 3.86. The van der Waals surface area contributed by atoms with Crippen molar-refractivity contribution >= 4 is 22.9 Å². The van der Waals surface area contributed by atoms with Crippen LogP contribution in [0, 0.1) is 13.8 Å².